The fraction of sp³-hybridized carbons (Fsp3) is 0.647. The van der Waals surface area contributed by atoms with Crippen LogP contribution < -0.4 is 4.72 Å². The van der Waals surface area contributed by atoms with Gasteiger partial charge in [0.05, 0.1) is 6.26 Å². The lowest BCUT2D eigenvalue weighted by molar-refractivity contribution is 0.342. The molecule has 2 fully saturated rings. The highest BCUT2D eigenvalue weighted by atomic mass is 32.2. The Bertz CT molecular complexity index is 678. The summed E-state index contributed by atoms with van der Waals surface area (Å²) in [4.78, 5) is 2.35. The standard InChI is InChI=1S/C17H27N3O3S/c1-13(9-15-5-4-8-23-15)10-20-11-16(14-6-7-14)17(12-20)18-24(21,22)19(2)3/h4-5,8-9,14,16-18H,6-7,10-12H2,1-3H3/b13-9+/t16-,17+/m0/s1. The number of rotatable bonds is 7. The van der Waals surface area contributed by atoms with Gasteiger partial charge in [-0.2, -0.15) is 17.4 Å². The van der Waals surface area contributed by atoms with E-state index in [1.807, 2.05) is 18.2 Å². The molecule has 2 heterocycles. The summed E-state index contributed by atoms with van der Waals surface area (Å²) in [6, 6.07) is 3.82. The van der Waals surface area contributed by atoms with Gasteiger partial charge in [0.15, 0.2) is 0 Å². The maximum Gasteiger partial charge on any atom is 0.279 e. The minimum atomic E-state index is -3.39. The zero-order chi connectivity index (χ0) is 17.3. The van der Waals surface area contributed by atoms with E-state index in [-0.39, 0.29) is 6.04 Å². The first-order chi connectivity index (χ1) is 11.3. The molecule has 0 spiro atoms. The Morgan fingerprint density at radius 2 is 2.17 bits per heavy atom. The third-order valence-corrected chi connectivity index (χ3v) is 6.42. The van der Waals surface area contributed by atoms with Crippen LogP contribution in [0.25, 0.3) is 6.08 Å². The number of furan rings is 1. The van der Waals surface area contributed by atoms with E-state index >= 15 is 0 Å². The van der Waals surface area contributed by atoms with Gasteiger partial charge >= 0.3 is 0 Å². The zero-order valence-corrected chi connectivity index (χ0v) is 15.4. The van der Waals surface area contributed by atoms with Gasteiger partial charge in [-0.05, 0) is 49.8 Å². The van der Waals surface area contributed by atoms with Crippen LogP contribution in [0.5, 0.6) is 0 Å². The van der Waals surface area contributed by atoms with Crippen molar-refractivity contribution >= 4 is 16.3 Å². The van der Waals surface area contributed by atoms with Gasteiger partial charge < -0.3 is 4.42 Å². The molecule has 1 aliphatic heterocycles. The first-order valence-corrected chi connectivity index (χ1v) is 9.92. The van der Waals surface area contributed by atoms with Gasteiger partial charge in [-0.25, -0.2) is 0 Å². The fourth-order valence-corrected chi connectivity index (χ4v) is 4.32. The summed E-state index contributed by atoms with van der Waals surface area (Å²) < 4.78 is 33.9. The minimum absolute atomic E-state index is 0.00122. The average Bonchev–Trinajstić information content (AvgIpc) is 3.08. The normalized spacial score (nSPS) is 26.4. The molecule has 0 bridgehead atoms. The lowest BCUT2D eigenvalue weighted by atomic mass is 9.99. The maximum absolute atomic E-state index is 12.2. The van der Waals surface area contributed by atoms with Crippen molar-refractivity contribution in [3.8, 4) is 0 Å². The van der Waals surface area contributed by atoms with Crippen LogP contribution in [0.1, 0.15) is 25.5 Å². The third kappa shape index (κ3) is 4.27. The van der Waals surface area contributed by atoms with Gasteiger partial charge in [-0.15, -0.1) is 0 Å². The van der Waals surface area contributed by atoms with E-state index in [2.05, 4.69) is 16.5 Å². The largest absolute Gasteiger partial charge is 0.465 e. The van der Waals surface area contributed by atoms with Gasteiger partial charge in [0.25, 0.3) is 10.2 Å². The highest BCUT2D eigenvalue weighted by Gasteiger charge is 2.43. The van der Waals surface area contributed by atoms with E-state index in [1.54, 1.807) is 20.4 Å². The Morgan fingerprint density at radius 3 is 2.75 bits per heavy atom. The summed E-state index contributed by atoms with van der Waals surface area (Å²) in [5.41, 5.74) is 1.22. The molecular formula is C17H27N3O3S. The van der Waals surface area contributed by atoms with Crippen molar-refractivity contribution in [2.45, 2.75) is 25.8 Å². The van der Waals surface area contributed by atoms with Crippen molar-refractivity contribution < 1.29 is 12.8 Å². The molecular weight excluding hydrogens is 326 g/mol. The monoisotopic (exact) mass is 353 g/mol. The van der Waals surface area contributed by atoms with Gasteiger partial charge in [0, 0.05) is 39.8 Å². The average molecular weight is 353 g/mol. The molecule has 1 saturated carbocycles. The summed E-state index contributed by atoms with van der Waals surface area (Å²) in [5, 5.41) is 0. The van der Waals surface area contributed by atoms with Crippen LogP contribution in [0.4, 0.5) is 0 Å². The predicted molar refractivity (Wildman–Crippen MR) is 94.5 cm³/mol. The lowest BCUT2D eigenvalue weighted by Gasteiger charge is -2.21. The van der Waals surface area contributed by atoms with Crippen LogP contribution >= 0.6 is 0 Å². The molecule has 3 rings (SSSR count). The van der Waals surface area contributed by atoms with Gasteiger partial charge in [0.1, 0.15) is 5.76 Å². The molecule has 7 heteroatoms. The number of hydrogen-bond donors (Lipinski definition) is 1. The summed E-state index contributed by atoms with van der Waals surface area (Å²) in [7, 11) is -0.252. The molecule has 1 aromatic heterocycles. The first-order valence-electron chi connectivity index (χ1n) is 8.48. The number of nitrogens with one attached hydrogen (secondary N) is 1. The number of likely N-dealkylation sites (tertiary alicyclic amines) is 1. The molecule has 6 nitrogen and oxygen atoms in total. The van der Waals surface area contributed by atoms with E-state index in [1.165, 1.54) is 22.7 Å². The Balaban J connectivity index is 1.64. The topological polar surface area (TPSA) is 65.8 Å². The summed E-state index contributed by atoms with van der Waals surface area (Å²) in [5.74, 6) is 1.94. The van der Waals surface area contributed by atoms with E-state index in [9.17, 15) is 8.42 Å². The second-order valence-electron chi connectivity index (χ2n) is 7.21. The van der Waals surface area contributed by atoms with E-state index in [0.717, 1.165) is 25.4 Å². The Labute approximate surface area is 144 Å². The smallest absolute Gasteiger partial charge is 0.279 e. The molecule has 0 amide bonds. The van der Waals surface area contributed by atoms with Crippen molar-refractivity contribution in [1.82, 2.24) is 13.9 Å². The second-order valence-corrected chi connectivity index (χ2v) is 9.13. The van der Waals surface area contributed by atoms with Gasteiger partial charge in [0.2, 0.25) is 0 Å². The summed E-state index contributed by atoms with van der Waals surface area (Å²) in [6.07, 6.45) is 6.16. The van der Waals surface area contributed by atoms with E-state index in [0.29, 0.717) is 11.8 Å². The second kappa shape index (κ2) is 7.00. The number of hydrogen-bond acceptors (Lipinski definition) is 4. The molecule has 2 atom stereocenters. The molecule has 24 heavy (non-hydrogen) atoms. The summed E-state index contributed by atoms with van der Waals surface area (Å²) >= 11 is 0. The summed E-state index contributed by atoms with van der Waals surface area (Å²) in [6.45, 7) is 4.64. The highest BCUT2D eigenvalue weighted by Crippen LogP contribution is 2.41. The van der Waals surface area contributed by atoms with Crippen molar-refractivity contribution in [3.63, 3.8) is 0 Å². The molecule has 1 saturated heterocycles. The van der Waals surface area contributed by atoms with Crippen LogP contribution in [0, 0.1) is 11.8 Å². The van der Waals surface area contributed by atoms with Crippen molar-refractivity contribution in [3.05, 3.63) is 29.7 Å². The first kappa shape index (κ1) is 17.7. The van der Waals surface area contributed by atoms with Crippen LogP contribution in [0.2, 0.25) is 0 Å². The number of nitrogens with zero attached hydrogens (tertiary/aromatic N) is 2. The molecule has 1 aromatic rings. The molecule has 1 aliphatic carbocycles. The zero-order valence-electron chi connectivity index (χ0n) is 14.6. The van der Waals surface area contributed by atoms with E-state index < -0.39 is 10.2 Å². The molecule has 0 radical (unpaired) electrons. The van der Waals surface area contributed by atoms with Crippen LogP contribution in [-0.2, 0) is 10.2 Å². The van der Waals surface area contributed by atoms with Gasteiger partial charge in [-0.3, -0.25) is 4.90 Å². The van der Waals surface area contributed by atoms with Crippen LogP contribution in [0.15, 0.2) is 28.4 Å². The molecule has 0 unspecified atom stereocenters. The van der Waals surface area contributed by atoms with Gasteiger partial charge in [-0.1, -0.05) is 5.57 Å². The molecule has 0 aromatic carbocycles. The third-order valence-electron chi connectivity index (χ3n) is 4.85. The van der Waals surface area contributed by atoms with Crippen molar-refractivity contribution in [2.75, 3.05) is 33.7 Å². The minimum Gasteiger partial charge on any atom is -0.465 e. The van der Waals surface area contributed by atoms with Crippen molar-refractivity contribution in [1.29, 1.82) is 0 Å². The van der Waals surface area contributed by atoms with Crippen molar-refractivity contribution in [2.24, 2.45) is 11.8 Å². The molecule has 2 aliphatic rings. The molecule has 134 valence electrons. The predicted octanol–water partition coefficient (Wildman–Crippen LogP) is 1.79. The fourth-order valence-electron chi connectivity index (χ4n) is 3.48. The van der Waals surface area contributed by atoms with Crippen LogP contribution in [0.3, 0.4) is 0 Å². The quantitative estimate of drug-likeness (QED) is 0.812. The Morgan fingerprint density at radius 1 is 1.42 bits per heavy atom. The van der Waals surface area contributed by atoms with E-state index in [4.69, 9.17) is 4.42 Å². The molecule has 1 N–H and O–H groups in total. The Hall–Kier alpha value is -1.15. The highest BCUT2D eigenvalue weighted by molar-refractivity contribution is 7.87. The van der Waals surface area contributed by atoms with Crippen LogP contribution in [-0.4, -0.2) is 57.4 Å². The maximum atomic E-state index is 12.2. The Kier molecular flexibility index (Phi) is 5.15. The lowest BCUT2D eigenvalue weighted by Crippen LogP contribution is -2.46. The SMILES string of the molecule is C/C(=C\c1ccco1)CN1C[C@@H](NS(=O)(=O)N(C)C)[C@H](C2CC2)C1.